The molecule has 0 N–H and O–H groups in total. The summed E-state index contributed by atoms with van der Waals surface area (Å²) in [5.41, 5.74) is 4.46. The summed E-state index contributed by atoms with van der Waals surface area (Å²) in [5.74, 6) is -0.673. The first-order valence-corrected chi connectivity index (χ1v) is 18.7. The van der Waals surface area contributed by atoms with Crippen molar-refractivity contribution >= 4 is 41.7 Å². The summed E-state index contributed by atoms with van der Waals surface area (Å²) in [6.45, 7) is 12.6. The van der Waals surface area contributed by atoms with E-state index in [1.165, 1.54) is 0 Å². The molecule has 4 heterocycles. The minimum absolute atomic E-state index is 0.0946. The van der Waals surface area contributed by atoms with Crippen molar-refractivity contribution in [2.24, 2.45) is 0 Å². The quantitative estimate of drug-likeness (QED) is 0.150. The maximum absolute atomic E-state index is 13.5. The molecule has 3 aromatic heterocycles. The lowest BCUT2D eigenvalue weighted by Crippen LogP contribution is -2.38. The topological polar surface area (TPSA) is 83.1 Å². The van der Waals surface area contributed by atoms with E-state index in [2.05, 4.69) is 41.2 Å². The van der Waals surface area contributed by atoms with Gasteiger partial charge in [0.15, 0.2) is 0 Å². The van der Waals surface area contributed by atoms with Crippen LogP contribution >= 0.6 is 11.6 Å². The van der Waals surface area contributed by atoms with Crippen molar-refractivity contribution in [1.82, 2.24) is 34.2 Å². The fourth-order valence-electron chi connectivity index (χ4n) is 5.12. The van der Waals surface area contributed by atoms with Crippen molar-refractivity contribution in [3.8, 4) is 22.8 Å². The highest BCUT2D eigenvalue weighted by molar-refractivity contribution is 6.77. The van der Waals surface area contributed by atoms with E-state index < -0.39 is 14.0 Å². The maximum atomic E-state index is 13.5. The predicted molar refractivity (Wildman–Crippen MR) is 170 cm³/mol. The zero-order valence-corrected chi connectivity index (χ0v) is 27.3. The van der Waals surface area contributed by atoms with E-state index in [0.717, 1.165) is 22.4 Å². The number of aromatic nitrogens is 6. The lowest BCUT2D eigenvalue weighted by Gasteiger charge is -2.25. The molecule has 0 radical (unpaired) electrons. The molecule has 0 spiro atoms. The minimum Gasteiger partial charge on any atom is -0.456 e. The molecular weight excluding hydrogens is 604 g/mol. The number of likely N-dealkylation sites (tertiary alicyclic amines) is 1. The van der Waals surface area contributed by atoms with E-state index in [9.17, 15) is 8.78 Å². The molecule has 1 saturated heterocycles. The van der Waals surface area contributed by atoms with Gasteiger partial charge in [-0.05, 0) is 38.1 Å². The van der Waals surface area contributed by atoms with Gasteiger partial charge >= 0.3 is 0 Å². The molecule has 1 aliphatic heterocycles. The highest BCUT2D eigenvalue weighted by atomic mass is 35.5. The van der Waals surface area contributed by atoms with Crippen molar-refractivity contribution < 1.29 is 18.3 Å². The second kappa shape index (κ2) is 11.8. The first-order chi connectivity index (χ1) is 20.9. The van der Waals surface area contributed by atoms with E-state index in [1.54, 1.807) is 28.0 Å². The Kier molecular flexibility index (Phi) is 8.20. The number of rotatable bonds is 10. The Morgan fingerprint density at radius 3 is 2.61 bits per heavy atom. The smallest absolute Gasteiger partial charge is 0.261 e. The van der Waals surface area contributed by atoms with Gasteiger partial charge in [0.25, 0.3) is 5.92 Å². The van der Waals surface area contributed by atoms with Crippen LogP contribution in [-0.2, 0) is 18.0 Å². The highest BCUT2D eigenvalue weighted by Gasteiger charge is 2.37. The summed E-state index contributed by atoms with van der Waals surface area (Å²) in [4.78, 5) is 15.8. The number of hydrogen-bond donors (Lipinski definition) is 0. The largest absolute Gasteiger partial charge is 0.456 e. The van der Waals surface area contributed by atoms with Crippen LogP contribution in [0.25, 0.3) is 33.3 Å². The average molecular weight is 640 g/mol. The number of alkyl halides is 2. The number of aryl methyl sites for hydroxylation is 1. The Balaban J connectivity index is 1.20. The lowest BCUT2D eigenvalue weighted by molar-refractivity contribution is 0.0119. The number of benzene rings is 2. The second-order valence-electron chi connectivity index (χ2n) is 12.5. The molecule has 6 rings (SSSR count). The number of imidazole rings is 1. The van der Waals surface area contributed by atoms with Gasteiger partial charge in [-0.2, -0.15) is 5.10 Å². The van der Waals surface area contributed by atoms with Crippen molar-refractivity contribution in [3.05, 3.63) is 59.8 Å². The molecule has 0 aliphatic carbocycles. The van der Waals surface area contributed by atoms with Crippen molar-refractivity contribution in [2.75, 3.05) is 19.6 Å². The van der Waals surface area contributed by atoms with Crippen LogP contribution in [-0.4, -0.2) is 73.6 Å². The van der Waals surface area contributed by atoms with Gasteiger partial charge in [0.05, 0.1) is 55.8 Å². The monoisotopic (exact) mass is 639 g/mol. The zero-order valence-electron chi connectivity index (χ0n) is 25.5. The van der Waals surface area contributed by atoms with Crippen molar-refractivity contribution in [2.45, 2.75) is 64.8 Å². The number of fused-ring (bicyclic) bond motifs is 2. The molecule has 1 aliphatic rings. The van der Waals surface area contributed by atoms with Gasteiger partial charge in [0.1, 0.15) is 34.6 Å². The van der Waals surface area contributed by atoms with Gasteiger partial charge in [-0.15, -0.1) is 0 Å². The van der Waals surface area contributed by atoms with E-state index in [4.69, 9.17) is 31.0 Å². The molecule has 0 saturated carbocycles. The van der Waals surface area contributed by atoms with Gasteiger partial charge < -0.3 is 14.0 Å². The number of halogens is 3. The van der Waals surface area contributed by atoms with E-state index in [0.29, 0.717) is 59.6 Å². The molecule has 1 unspecified atom stereocenters. The molecule has 5 aromatic rings. The number of ether oxygens (including phenoxy) is 2. The zero-order chi connectivity index (χ0) is 31.2. The molecule has 1 atom stereocenters. The molecule has 0 amide bonds. The van der Waals surface area contributed by atoms with Crippen LogP contribution in [0.4, 0.5) is 8.78 Å². The summed E-state index contributed by atoms with van der Waals surface area (Å²) in [7, 11) is -1.44. The first-order valence-electron chi connectivity index (χ1n) is 14.7. The van der Waals surface area contributed by atoms with Crippen LogP contribution in [0.15, 0.2) is 48.9 Å². The summed E-state index contributed by atoms with van der Waals surface area (Å²) < 4.78 is 43.3. The third-order valence-corrected chi connectivity index (χ3v) is 11.2. The summed E-state index contributed by atoms with van der Waals surface area (Å²) in [6, 6.07) is 9.34. The minimum atomic E-state index is -2.60. The van der Waals surface area contributed by atoms with Gasteiger partial charge in [0.2, 0.25) is 0 Å². The standard InChI is InChI=1S/C31H36ClF2N7O2Si/c1-20-37-24-7-6-23(14-27(24)41(20)19-42-21(2)44(3,4)5)43-28-9-8-25-30(29(28)32)38-26(16-35-25)22-15-36-40(17-22)13-12-39-11-10-31(33,34)18-39/h6-9,14-17,21H,10-13,18-19H2,1-5H3. The second-order valence-corrected chi connectivity index (χ2v) is 18.4. The van der Waals surface area contributed by atoms with Crippen LogP contribution in [0.1, 0.15) is 19.2 Å². The Bertz CT molecular complexity index is 1820. The Morgan fingerprint density at radius 1 is 1.07 bits per heavy atom. The third kappa shape index (κ3) is 6.48. The van der Waals surface area contributed by atoms with Crippen LogP contribution in [0, 0.1) is 6.92 Å². The Morgan fingerprint density at radius 2 is 1.86 bits per heavy atom. The van der Waals surface area contributed by atoms with Crippen LogP contribution in [0.2, 0.25) is 24.7 Å². The molecule has 1 fully saturated rings. The van der Waals surface area contributed by atoms with Gasteiger partial charge in [0, 0.05) is 43.1 Å². The SMILES string of the molecule is Cc1nc2ccc(Oc3ccc4ncc(-c5cnn(CCN6CCC(F)(F)C6)c5)nc4c3Cl)cc2n1COC(C)[Si](C)(C)C. The van der Waals surface area contributed by atoms with Gasteiger partial charge in [-0.25, -0.2) is 18.7 Å². The molecular formula is C31H36ClF2N7O2Si. The van der Waals surface area contributed by atoms with Crippen LogP contribution in [0.3, 0.4) is 0 Å². The van der Waals surface area contributed by atoms with Gasteiger partial charge in [-0.1, -0.05) is 31.2 Å². The highest BCUT2D eigenvalue weighted by Crippen LogP contribution is 2.36. The maximum Gasteiger partial charge on any atom is 0.261 e. The Labute approximate surface area is 260 Å². The third-order valence-electron chi connectivity index (χ3n) is 8.25. The molecule has 2 aromatic carbocycles. The first kappa shape index (κ1) is 30.6. The van der Waals surface area contributed by atoms with Crippen molar-refractivity contribution in [3.63, 3.8) is 0 Å². The molecule has 9 nitrogen and oxygen atoms in total. The van der Waals surface area contributed by atoms with Crippen LogP contribution in [0.5, 0.6) is 11.5 Å². The van der Waals surface area contributed by atoms with Crippen molar-refractivity contribution in [1.29, 1.82) is 0 Å². The Hall–Kier alpha value is -3.45. The van der Waals surface area contributed by atoms with E-state index in [-0.39, 0.29) is 18.7 Å². The molecule has 232 valence electrons. The predicted octanol–water partition coefficient (Wildman–Crippen LogP) is 7.18. The molecule has 13 heteroatoms. The average Bonchev–Trinajstić information content (AvgIpc) is 3.67. The van der Waals surface area contributed by atoms with E-state index >= 15 is 0 Å². The lowest BCUT2D eigenvalue weighted by atomic mass is 10.2. The number of nitrogens with zero attached hydrogens (tertiary/aromatic N) is 7. The normalized spacial score (nSPS) is 16.3. The number of hydrogen-bond acceptors (Lipinski definition) is 7. The summed E-state index contributed by atoms with van der Waals surface area (Å²) >= 11 is 6.83. The summed E-state index contributed by atoms with van der Waals surface area (Å²) in [5, 5.41) is 4.74. The fraction of sp³-hybridized carbons (Fsp3) is 0.419. The fourth-order valence-corrected chi connectivity index (χ4v) is 5.93. The summed E-state index contributed by atoms with van der Waals surface area (Å²) in [6.07, 6.45) is 5.11. The van der Waals surface area contributed by atoms with E-state index in [1.807, 2.05) is 37.4 Å². The molecule has 0 bridgehead atoms. The van der Waals surface area contributed by atoms with Gasteiger partial charge in [-0.3, -0.25) is 14.6 Å². The molecule has 44 heavy (non-hydrogen) atoms. The van der Waals surface area contributed by atoms with Crippen LogP contribution < -0.4 is 4.74 Å².